The van der Waals surface area contributed by atoms with Gasteiger partial charge in [0.1, 0.15) is 29.8 Å². The number of benzene rings is 1. The van der Waals surface area contributed by atoms with Gasteiger partial charge >= 0.3 is 19.4 Å². The third-order valence-corrected chi connectivity index (χ3v) is 6.97. The number of aliphatic hydroxyl groups excluding tert-OH is 1. The number of nitrogens with one attached hydrogen (secondary N) is 2. The maximum Gasteiger partial charge on any atom is 0.459 e. The molecule has 1 aliphatic rings. The second kappa shape index (κ2) is 11.2. The highest BCUT2D eigenvalue weighted by Gasteiger charge is 2.55. The number of alkyl halides is 1. The summed E-state index contributed by atoms with van der Waals surface area (Å²) in [6, 6.07) is 4.21. The number of carbonyl (C=O) groups is 1. The van der Waals surface area contributed by atoms with Crippen molar-refractivity contribution in [1.29, 1.82) is 0 Å². The van der Waals surface area contributed by atoms with Gasteiger partial charge in [-0.05, 0) is 52.0 Å². The van der Waals surface area contributed by atoms with Gasteiger partial charge in [-0.25, -0.2) is 18.1 Å². The lowest BCUT2D eigenvalue weighted by molar-refractivity contribution is -0.149. The summed E-state index contributed by atoms with van der Waals surface area (Å²) in [4.78, 5) is 37.7. The highest BCUT2D eigenvalue weighted by atomic mass is 31.2. The van der Waals surface area contributed by atoms with Gasteiger partial charge in [-0.15, -0.1) is 0 Å². The van der Waals surface area contributed by atoms with Crippen LogP contribution in [0.15, 0.2) is 46.1 Å². The first-order chi connectivity index (χ1) is 17.2. The SMILES string of the molecule is CC(C)OC(=O)[C@H](C)NP(=O)(OC[C@H]1OC(n2ccc(=O)[nH]c2=O)[C@](C)(F)[C@@H]1O)Oc1ccc(F)cc1. The minimum atomic E-state index is -4.44. The molecule has 1 aromatic heterocycles. The van der Waals surface area contributed by atoms with Crippen molar-refractivity contribution in [2.24, 2.45) is 0 Å². The lowest BCUT2D eigenvalue weighted by Crippen LogP contribution is -2.43. The lowest BCUT2D eigenvalue weighted by Gasteiger charge is -2.25. The Kier molecular flexibility index (Phi) is 8.70. The van der Waals surface area contributed by atoms with E-state index >= 15 is 4.39 Å². The van der Waals surface area contributed by atoms with Crippen LogP contribution in [0.5, 0.6) is 5.75 Å². The zero-order chi connectivity index (χ0) is 27.5. The second-order valence-corrected chi connectivity index (χ2v) is 10.5. The predicted octanol–water partition coefficient (Wildman–Crippen LogP) is 1.80. The van der Waals surface area contributed by atoms with Crippen molar-refractivity contribution in [2.75, 3.05) is 6.61 Å². The number of halogens is 2. The first-order valence-corrected chi connectivity index (χ1v) is 12.8. The van der Waals surface area contributed by atoms with E-state index in [1.54, 1.807) is 13.8 Å². The zero-order valence-corrected chi connectivity index (χ0v) is 21.3. The van der Waals surface area contributed by atoms with Crippen LogP contribution in [0, 0.1) is 5.82 Å². The Bertz CT molecular complexity index is 1270. The molecule has 3 N–H and O–H groups in total. The van der Waals surface area contributed by atoms with Gasteiger partial charge in [0.2, 0.25) is 0 Å². The molecule has 1 aromatic carbocycles. The minimum Gasteiger partial charge on any atom is -0.462 e. The predicted molar refractivity (Wildman–Crippen MR) is 125 cm³/mol. The Labute approximate surface area is 210 Å². The summed E-state index contributed by atoms with van der Waals surface area (Å²) in [5.41, 5.74) is -4.21. The third kappa shape index (κ3) is 6.90. The average Bonchev–Trinajstić information content (AvgIpc) is 3.02. The number of esters is 1. The minimum absolute atomic E-state index is 0.0810. The van der Waals surface area contributed by atoms with Gasteiger partial charge in [-0.1, -0.05) is 0 Å². The van der Waals surface area contributed by atoms with Crippen molar-refractivity contribution in [1.82, 2.24) is 14.6 Å². The van der Waals surface area contributed by atoms with Crippen LogP contribution >= 0.6 is 7.75 Å². The highest BCUT2D eigenvalue weighted by molar-refractivity contribution is 7.52. The fraction of sp³-hybridized carbons (Fsp3) is 0.500. The van der Waals surface area contributed by atoms with Gasteiger partial charge in [-0.2, -0.15) is 5.09 Å². The first kappa shape index (κ1) is 28.7. The largest absolute Gasteiger partial charge is 0.462 e. The molecule has 37 heavy (non-hydrogen) atoms. The number of aromatic amines is 1. The third-order valence-electron chi connectivity index (χ3n) is 5.33. The molecule has 15 heteroatoms. The van der Waals surface area contributed by atoms with Gasteiger partial charge < -0.3 is 19.1 Å². The van der Waals surface area contributed by atoms with Crippen molar-refractivity contribution in [3.63, 3.8) is 0 Å². The molecule has 2 heterocycles. The first-order valence-electron chi connectivity index (χ1n) is 11.2. The zero-order valence-electron chi connectivity index (χ0n) is 20.4. The Morgan fingerprint density at radius 3 is 2.51 bits per heavy atom. The standard InChI is InChI=1S/C22H28F2N3O9P/c1-12(2)34-19(30)13(3)26-37(32,36-15-7-5-14(23)6-8-15)33-11-16-18(29)22(4,24)20(35-16)27-10-9-17(28)25-21(27)31/h5-10,12-13,16,18,20,29H,11H2,1-4H3,(H,26,32)(H,25,28,31)/t13-,16+,18+,20?,22+,37?/m0/s1. The van der Waals surface area contributed by atoms with E-state index in [1.165, 1.54) is 19.1 Å². The summed E-state index contributed by atoms with van der Waals surface area (Å²) >= 11 is 0. The number of hydrogen-bond donors (Lipinski definition) is 3. The number of hydrogen-bond acceptors (Lipinski definition) is 9. The van der Waals surface area contributed by atoms with Gasteiger partial charge in [0.05, 0.1) is 12.7 Å². The highest BCUT2D eigenvalue weighted by Crippen LogP contribution is 2.47. The second-order valence-electron chi connectivity index (χ2n) is 8.82. The molecule has 0 amide bonds. The molecular weight excluding hydrogens is 519 g/mol. The molecule has 0 saturated carbocycles. The summed E-state index contributed by atoms with van der Waals surface area (Å²) in [5.74, 6) is -1.44. The van der Waals surface area contributed by atoms with E-state index in [9.17, 15) is 28.4 Å². The van der Waals surface area contributed by atoms with E-state index < -0.39 is 73.6 Å². The van der Waals surface area contributed by atoms with Crippen molar-refractivity contribution in [2.45, 2.75) is 63.9 Å². The monoisotopic (exact) mass is 547 g/mol. The Hall–Kier alpha value is -2.90. The molecule has 12 nitrogen and oxygen atoms in total. The molecule has 2 unspecified atom stereocenters. The van der Waals surface area contributed by atoms with Crippen LogP contribution < -0.4 is 20.9 Å². The number of carbonyl (C=O) groups excluding carboxylic acids is 1. The molecule has 1 aliphatic heterocycles. The fourth-order valence-corrected chi connectivity index (χ4v) is 4.98. The molecule has 6 atom stereocenters. The van der Waals surface area contributed by atoms with Gasteiger partial charge in [0, 0.05) is 12.3 Å². The van der Waals surface area contributed by atoms with E-state index in [0.29, 0.717) is 0 Å². The van der Waals surface area contributed by atoms with Crippen LogP contribution in [0.3, 0.4) is 0 Å². The van der Waals surface area contributed by atoms with Crippen molar-refractivity contribution in [3.05, 3.63) is 63.2 Å². The maximum atomic E-state index is 15.4. The number of ether oxygens (including phenoxy) is 2. The Balaban J connectivity index is 1.81. The molecule has 0 radical (unpaired) electrons. The Morgan fingerprint density at radius 2 is 1.92 bits per heavy atom. The molecule has 2 aromatic rings. The number of H-pyrrole nitrogens is 1. The normalized spacial score (nSPS) is 26.0. The van der Waals surface area contributed by atoms with E-state index in [4.69, 9.17) is 18.5 Å². The average molecular weight is 547 g/mol. The summed E-state index contributed by atoms with van der Waals surface area (Å²) < 4.78 is 64.4. The summed E-state index contributed by atoms with van der Waals surface area (Å²) in [6.07, 6.45) is -4.44. The van der Waals surface area contributed by atoms with Crippen molar-refractivity contribution >= 4 is 13.7 Å². The van der Waals surface area contributed by atoms with Crippen LogP contribution in [0.4, 0.5) is 8.78 Å². The van der Waals surface area contributed by atoms with E-state index in [-0.39, 0.29) is 5.75 Å². The van der Waals surface area contributed by atoms with Crippen LogP contribution in [-0.2, 0) is 23.4 Å². The molecule has 0 aliphatic carbocycles. The van der Waals surface area contributed by atoms with E-state index in [1.807, 2.05) is 4.98 Å². The number of aromatic nitrogens is 2. The van der Waals surface area contributed by atoms with Crippen LogP contribution in [-0.4, -0.2) is 57.3 Å². The number of nitrogens with zero attached hydrogens (tertiary/aromatic N) is 1. The van der Waals surface area contributed by atoms with Crippen LogP contribution in [0.1, 0.15) is 33.9 Å². The summed E-state index contributed by atoms with van der Waals surface area (Å²) in [6.45, 7) is 4.84. The number of aliphatic hydroxyl groups is 1. The van der Waals surface area contributed by atoms with E-state index in [0.717, 1.165) is 35.9 Å². The molecule has 1 saturated heterocycles. The topological polar surface area (TPSA) is 158 Å². The summed E-state index contributed by atoms with van der Waals surface area (Å²) in [7, 11) is -4.44. The Morgan fingerprint density at radius 1 is 1.27 bits per heavy atom. The molecular formula is C22H28F2N3O9P. The lowest BCUT2D eigenvalue weighted by atomic mass is 9.98. The maximum absolute atomic E-state index is 15.4. The molecule has 3 rings (SSSR count). The quantitative estimate of drug-likeness (QED) is 0.296. The summed E-state index contributed by atoms with van der Waals surface area (Å²) in [5, 5.41) is 12.9. The molecule has 0 bridgehead atoms. The molecule has 204 valence electrons. The van der Waals surface area contributed by atoms with Crippen molar-refractivity contribution < 1.29 is 41.8 Å². The van der Waals surface area contributed by atoms with Gasteiger partial charge in [0.25, 0.3) is 5.56 Å². The van der Waals surface area contributed by atoms with E-state index in [2.05, 4.69) is 5.09 Å². The smallest absolute Gasteiger partial charge is 0.459 e. The molecule has 1 fully saturated rings. The van der Waals surface area contributed by atoms with Gasteiger partial charge in [0.15, 0.2) is 11.9 Å². The van der Waals surface area contributed by atoms with Gasteiger partial charge in [-0.3, -0.25) is 23.7 Å². The molecule has 0 spiro atoms. The van der Waals surface area contributed by atoms with Crippen LogP contribution in [0.25, 0.3) is 0 Å². The fourth-order valence-electron chi connectivity index (χ4n) is 3.48. The number of rotatable bonds is 10. The van der Waals surface area contributed by atoms with Crippen molar-refractivity contribution in [3.8, 4) is 5.75 Å². The van der Waals surface area contributed by atoms with Crippen LogP contribution in [0.2, 0.25) is 0 Å².